The van der Waals surface area contributed by atoms with E-state index < -0.39 is 0 Å². The van der Waals surface area contributed by atoms with E-state index in [2.05, 4.69) is 29.2 Å². The van der Waals surface area contributed by atoms with Gasteiger partial charge in [-0.1, -0.05) is 31.1 Å². The summed E-state index contributed by atoms with van der Waals surface area (Å²) >= 11 is 0. The largest absolute Gasteiger partial charge is 0.497 e. The molecule has 142 valence electrons. The normalized spacial score (nSPS) is 10.9. The molecule has 0 unspecified atom stereocenters. The molecule has 1 heterocycles. The second-order valence-electron chi connectivity index (χ2n) is 5.70. The van der Waals surface area contributed by atoms with Crippen LogP contribution in [0.4, 0.5) is 0 Å². The average molecular weight is 361 g/mol. The highest BCUT2D eigenvalue weighted by Crippen LogP contribution is 2.24. The maximum Gasteiger partial charge on any atom is 0.273 e. The number of aromatic nitrogens is 1. The molecular weight excluding hydrogens is 334 g/mol. The average Bonchev–Trinajstić information content (AvgIpc) is 3.18. The van der Waals surface area contributed by atoms with Gasteiger partial charge in [0.15, 0.2) is 11.5 Å². The van der Waals surface area contributed by atoms with Crippen LogP contribution in [0.5, 0.6) is 5.75 Å². The molecule has 26 heavy (non-hydrogen) atoms. The van der Waals surface area contributed by atoms with Gasteiger partial charge in [-0.2, -0.15) is 0 Å². The minimum absolute atomic E-state index is 0.242. The van der Waals surface area contributed by atoms with Gasteiger partial charge in [0.2, 0.25) is 0 Å². The van der Waals surface area contributed by atoms with E-state index in [9.17, 15) is 4.79 Å². The molecule has 7 nitrogen and oxygen atoms in total. The molecule has 1 amide bonds. The zero-order valence-electron chi connectivity index (χ0n) is 15.7. The number of methoxy groups -OCH3 is 1. The topological polar surface area (TPSA) is 76.8 Å². The van der Waals surface area contributed by atoms with Gasteiger partial charge in [-0.15, -0.1) is 0 Å². The highest BCUT2D eigenvalue weighted by Gasteiger charge is 2.13. The monoisotopic (exact) mass is 361 g/mol. The summed E-state index contributed by atoms with van der Waals surface area (Å²) in [6.07, 6.45) is 0. The molecule has 0 aliphatic heterocycles. The molecule has 0 saturated heterocycles. The van der Waals surface area contributed by atoms with Gasteiger partial charge in [0.1, 0.15) is 5.75 Å². The Balaban J connectivity index is 1.76. The molecule has 2 rings (SSSR count). The first-order valence-corrected chi connectivity index (χ1v) is 8.87. The number of rotatable bonds is 11. The van der Waals surface area contributed by atoms with E-state index in [1.807, 2.05) is 24.3 Å². The highest BCUT2D eigenvalue weighted by molar-refractivity contribution is 5.93. The van der Waals surface area contributed by atoms with E-state index in [-0.39, 0.29) is 11.6 Å². The Labute approximate surface area is 154 Å². The zero-order chi connectivity index (χ0) is 18.8. The molecule has 0 aliphatic carbocycles. The van der Waals surface area contributed by atoms with Crippen molar-refractivity contribution in [3.05, 3.63) is 36.0 Å². The number of nitrogens with one attached hydrogen (secondary N) is 1. The number of likely N-dealkylation sites (N-methyl/N-ethyl adjacent to an activating group) is 1. The number of benzene rings is 1. The lowest BCUT2D eigenvalue weighted by molar-refractivity contribution is 0.0877. The summed E-state index contributed by atoms with van der Waals surface area (Å²) < 4.78 is 16.0. The lowest BCUT2D eigenvalue weighted by atomic mass is 10.1. The molecule has 0 aliphatic rings. The van der Waals surface area contributed by atoms with Crippen LogP contribution in [0.15, 0.2) is 34.9 Å². The first-order chi connectivity index (χ1) is 12.7. The summed E-state index contributed by atoms with van der Waals surface area (Å²) in [7, 11) is 1.60. The summed E-state index contributed by atoms with van der Waals surface area (Å²) in [6, 6.07) is 9.01. The number of carbonyl (C=O) groups excluding carboxylic acids is 1. The van der Waals surface area contributed by atoms with Gasteiger partial charge in [0.25, 0.3) is 5.91 Å². The van der Waals surface area contributed by atoms with Crippen LogP contribution < -0.4 is 10.1 Å². The van der Waals surface area contributed by atoms with Crippen LogP contribution in [-0.2, 0) is 4.74 Å². The van der Waals surface area contributed by atoms with Crippen molar-refractivity contribution in [3.63, 3.8) is 0 Å². The standard InChI is InChI=1S/C19H27N3O4/c1-4-22(5-2)10-12-25-11-9-20-19(23)17-14-18(26-21-17)15-7-6-8-16(13-15)24-3/h6-8,13-14H,4-5,9-12H2,1-3H3,(H,20,23). The van der Waals surface area contributed by atoms with Crippen molar-refractivity contribution in [2.24, 2.45) is 0 Å². The Hall–Kier alpha value is -2.38. The van der Waals surface area contributed by atoms with Crippen molar-refractivity contribution in [1.29, 1.82) is 0 Å². The Morgan fingerprint density at radius 3 is 2.77 bits per heavy atom. The Bertz CT molecular complexity index is 683. The second-order valence-corrected chi connectivity index (χ2v) is 5.70. The molecule has 0 spiro atoms. The first kappa shape index (κ1) is 19.9. The Morgan fingerprint density at radius 1 is 1.23 bits per heavy atom. The summed E-state index contributed by atoms with van der Waals surface area (Å²) in [5.41, 5.74) is 1.04. The van der Waals surface area contributed by atoms with Gasteiger partial charge in [-0.25, -0.2) is 0 Å². The van der Waals surface area contributed by atoms with Crippen molar-refractivity contribution in [3.8, 4) is 17.1 Å². The van der Waals surface area contributed by atoms with E-state index in [0.717, 1.165) is 25.2 Å². The molecule has 7 heteroatoms. The van der Waals surface area contributed by atoms with Gasteiger partial charge in [0, 0.05) is 24.7 Å². The molecule has 1 aromatic carbocycles. The van der Waals surface area contributed by atoms with E-state index in [1.165, 1.54) is 0 Å². The van der Waals surface area contributed by atoms with Gasteiger partial charge in [-0.3, -0.25) is 4.79 Å². The van der Waals surface area contributed by atoms with Crippen LogP contribution in [0, 0.1) is 0 Å². The Kier molecular flexibility index (Phi) is 8.11. The number of carbonyl (C=O) groups is 1. The molecule has 1 N–H and O–H groups in total. The van der Waals surface area contributed by atoms with Crippen molar-refractivity contribution in [2.45, 2.75) is 13.8 Å². The highest BCUT2D eigenvalue weighted by atomic mass is 16.5. The van der Waals surface area contributed by atoms with E-state index >= 15 is 0 Å². The van der Waals surface area contributed by atoms with Gasteiger partial charge < -0.3 is 24.2 Å². The van der Waals surface area contributed by atoms with E-state index in [1.54, 1.807) is 13.2 Å². The molecular formula is C19H27N3O4. The molecule has 0 fully saturated rings. The van der Waals surface area contributed by atoms with E-state index in [4.69, 9.17) is 14.0 Å². The van der Waals surface area contributed by atoms with Gasteiger partial charge in [0.05, 0.1) is 20.3 Å². The van der Waals surface area contributed by atoms with Gasteiger partial charge >= 0.3 is 0 Å². The fourth-order valence-corrected chi connectivity index (χ4v) is 2.46. The van der Waals surface area contributed by atoms with Crippen molar-refractivity contribution in [2.75, 3.05) is 46.5 Å². The predicted molar refractivity (Wildman–Crippen MR) is 99.4 cm³/mol. The fourth-order valence-electron chi connectivity index (χ4n) is 2.46. The predicted octanol–water partition coefficient (Wildman–Crippen LogP) is 2.44. The van der Waals surface area contributed by atoms with Crippen LogP contribution >= 0.6 is 0 Å². The SMILES string of the molecule is CCN(CC)CCOCCNC(=O)c1cc(-c2cccc(OC)c2)on1. The maximum atomic E-state index is 12.1. The summed E-state index contributed by atoms with van der Waals surface area (Å²) in [5.74, 6) is 0.950. The van der Waals surface area contributed by atoms with Crippen molar-refractivity contribution in [1.82, 2.24) is 15.4 Å². The van der Waals surface area contributed by atoms with Gasteiger partial charge in [-0.05, 0) is 25.2 Å². The number of nitrogens with zero attached hydrogens (tertiary/aromatic N) is 2. The van der Waals surface area contributed by atoms with Crippen LogP contribution in [0.1, 0.15) is 24.3 Å². The van der Waals surface area contributed by atoms with E-state index in [0.29, 0.717) is 31.3 Å². The first-order valence-electron chi connectivity index (χ1n) is 8.87. The number of amides is 1. The van der Waals surface area contributed by atoms with Crippen LogP contribution in [-0.4, -0.2) is 62.5 Å². The summed E-state index contributed by atoms with van der Waals surface area (Å²) in [6.45, 7) is 8.72. The third kappa shape index (κ3) is 5.86. The molecule has 2 aromatic rings. The number of hydrogen-bond donors (Lipinski definition) is 1. The number of ether oxygens (including phenoxy) is 2. The molecule has 0 radical (unpaired) electrons. The molecule has 1 aromatic heterocycles. The third-order valence-corrected chi connectivity index (χ3v) is 4.08. The van der Waals surface area contributed by atoms with Crippen LogP contribution in [0.25, 0.3) is 11.3 Å². The minimum atomic E-state index is -0.282. The third-order valence-electron chi connectivity index (χ3n) is 4.08. The molecule has 0 saturated carbocycles. The van der Waals surface area contributed by atoms with Crippen LogP contribution in [0.3, 0.4) is 0 Å². The smallest absolute Gasteiger partial charge is 0.273 e. The Morgan fingerprint density at radius 2 is 2.04 bits per heavy atom. The quantitative estimate of drug-likeness (QED) is 0.620. The second kappa shape index (κ2) is 10.6. The zero-order valence-corrected chi connectivity index (χ0v) is 15.7. The van der Waals surface area contributed by atoms with Crippen LogP contribution in [0.2, 0.25) is 0 Å². The molecule has 0 atom stereocenters. The molecule has 0 bridgehead atoms. The summed E-state index contributed by atoms with van der Waals surface area (Å²) in [4.78, 5) is 14.4. The maximum absolute atomic E-state index is 12.1. The minimum Gasteiger partial charge on any atom is -0.497 e. The van der Waals surface area contributed by atoms with Crippen molar-refractivity contribution >= 4 is 5.91 Å². The fraction of sp³-hybridized carbons (Fsp3) is 0.474. The van der Waals surface area contributed by atoms with Crippen molar-refractivity contribution < 1.29 is 18.8 Å². The number of hydrogen-bond acceptors (Lipinski definition) is 6. The summed E-state index contributed by atoms with van der Waals surface area (Å²) in [5, 5.41) is 6.61. The lowest BCUT2D eigenvalue weighted by Gasteiger charge is -2.17. The lowest BCUT2D eigenvalue weighted by Crippen LogP contribution is -2.30.